The van der Waals surface area contributed by atoms with Crippen molar-refractivity contribution in [3.63, 3.8) is 0 Å². The van der Waals surface area contributed by atoms with Crippen LogP contribution in [-0.4, -0.2) is 19.6 Å². The highest BCUT2D eigenvalue weighted by Crippen LogP contribution is 2.23. The molecule has 0 aliphatic carbocycles. The average Bonchev–Trinajstić information content (AvgIpc) is 3.17. The molecule has 2 N–H and O–H groups in total. The third-order valence-electron chi connectivity index (χ3n) is 3.95. The summed E-state index contributed by atoms with van der Waals surface area (Å²) in [5.74, 6) is 0.428. The maximum Gasteiger partial charge on any atom is 0.255 e. The van der Waals surface area contributed by atoms with Crippen LogP contribution in [0.15, 0.2) is 71.3 Å². The first-order valence-electron chi connectivity index (χ1n) is 8.42. The Morgan fingerprint density at radius 3 is 2.33 bits per heavy atom. The second-order valence-corrected chi connectivity index (χ2v) is 8.52. The van der Waals surface area contributed by atoms with E-state index in [0.717, 1.165) is 5.56 Å². The van der Waals surface area contributed by atoms with Crippen molar-refractivity contribution in [2.24, 2.45) is 0 Å². The van der Waals surface area contributed by atoms with Gasteiger partial charge in [-0.05, 0) is 62.4 Å². The average molecular weight is 384 g/mol. The van der Waals surface area contributed by atoms with Gasteiger partial charge in [0, 0.05) is 22.5 Å². The lowest BCUT2D eigenvalue weighted by molar-refractivity contribution is 0.102. The molecule has 0 atom stereocenters. The van der Waals surface area contributed by atoms with Crippen LogP contribution in [0.3, 0.4) is 0 Å². The lowest BCUT2D eigenvalue weighted by Crippen LogP contribution is -2.22. The summed E-state index contributed by atoms with van der Waals surface area (Å²) in [4.78, 5) is 12.4. The van der Waals surface area contributed by atoms with Crippen LogP contribution in [0.1, 0.15) is 24.2 Å². The molecular weight excluding hydrogens is 364 g/mol. The molecule has 1 amide bonds. The van der Waals surface area contributed by atoms with Crippen molar-refractivity contribution < 1.29 is 17.6 Å². The van der Waals surface area contributed by atoms with Crippen molar-refractivity contribution in [1.82, 2.24) is 0 Å². The van der Waals surface area contributed by atoms with Crippen molar-refractivity contribution in [2.45, 2.75) is 19.1 Å². The Morgan fingerprint density at radius 1 is 0.963 bits per heavy atom. The Balaban J connectivity index is 1.71. The molecule has 0 bridgehead atoms. The van der Waals surface area contributed by atoms with Gasteiger partial charge in [0.2, 0.25) is 10.0 Å². The van der Waals surface area contributed by atoms with Gasteiger partial charge in [0.15, 0.2) is 0 Å². The Bertz CT molecular complexity index is 1020. The molecule has 0 fully saturated rings. The predicted octanol–water partition coefficient (Wildman–Crippen LogP) is 4.35. The Hall–Kier alpha value is -3.06. The summed E-state index contributed by atoms with van der Waals surface area (Å²) in [5, 5.41) is 2.29. The largest absolute Gasteiger partial charge is 0.464 e. The van der Waals surface area contributed by atoms with Gasteiger partial charge in [-0.25, -0.2) is 8.42 Å². The van der Waals surface area contributed by atoms with E-state index in [1.165, 1.54) is 0 Å². The molecule has 0 saturated heterocycles. The molecule has 27 heavy (non-hydrogen) atoms. The lowest BCUT2D eigenvalue weighted by atomic mass is 10.1. The molecule has 2 aromatic carbocycles. The van der Waals surface area contributed by atoms with Gasteiger partial charge >= 0.3 is 0 Å². The highest BCUT2D eigenvalue weighted by Gasteiger charge is 2.15. The van der Waals surface area contributed by atoms with Crippen molar-refractivity contribution in [3.8, 4) is 11.3 Å². The SMILES string of the molecule is CC(C)S(=O)(=O)Nc1ccc(C(=O)Nc2cccc(-c3ccco3)c2)cc1. The van der Waals surface area contributed by atoms with Crippen molar-refractivity contribution in [3.05, 3.63) is 72.5 Å². The van der Waals surface area contributed by atoms with Gasteiger partial charge in [0.05, 0.1) is 11.5 Å². The highest BCUT2D eigenvalue weighted by atomic mass is 32.2. The first-order valence-corrected chi connectivity index (χ1v) is 9.97. The van der Waals surface area contributed by atoms with E-state index in [0.29, 0.717) is 22.7 Å². The number of sulfonamides is 1. The molecule has 140 valence electrons. The second kappa shape index (κ2) is 7.67. The standard InChI is InChI=1S/C20H20N2O4S/c1-14(2)27(24,25)22-17-10-8-15(9-11-17)20(23)21-18-6-3-5-16(13-18)19-7-4-12-26-19/h3-14,22H,1-2H3,(H,21,23). The molecule has 0 unspecified atom stereocenters. The number of carbonyl (C=O) groups is 1. The van der Waals surface area contributed by atoms with E-state index in [2.05, 4.69) is 10.0 Å². The maximum absolute atomic E-state index is 12.4. The van der Waals surface area contributed by atoms with Gasteiger partial charge in [-0.1, -0.05) is 12.1 Å². The number of nitrogens with one attached hydrogen (secondary N) is 2. The molecule has 0 aliphatic rings. The van der Waals surface area contributed by atoms with Crippen LogP contribution in [-0.2, 0) is 10.0 Å². The van der Waals surface area contributed by atoms with E-state index >= 15 is 0 Å². The summed E-state index contributed by atoms with van der Waals surface area (Å²) in [6.07, 6.45) is 1.59. The van der Waals surface area contributed by atoms with Crippen LogP contribution in [0, 0.1) is 0 Å². The van der Waals surface area contributed by atoms with Crippen LogP contribution < -0.4 is 10.0 Å². The second-order valence-electron chi connectivity index (χ2n) is 6.29. The number of benzene rings is 2. The summed E-state index contributed by atoms with van der Waals surface area (Å²) in [5.41, 5.74) is 2.33. The van der Waals surface area contributed by atoms with E-state index < -0.39 is 15.3 Å². The minimum absolute atomic E-state index is 0.287. The summed E-state index contributed by atoms with van der Waals surface area (Å²) >= 11 is 0. The molecule has 0 spiro atoms. The number of amides is 1. The number of furan rings is 1. The molecule has 0 aliphatic heterocycles. The normalized spacial score (nSPS) is 11.4. The maximum atomic E-state index is 12.4. The lowest BCUT2D eigenvalue weighted by Gasteiger charge is -2.11. The van der Waals surface area contributed by atoms with Crippen molar-refractivity contribution >= 4 is 27.3 Å². The fourth-order valence-electron chi connectivity index (χ4n) is 2.37. The monoisotopic (exact) mass is 384 g/mol. The fraction of sp³-hybridized carbons (Fsp3) is 0.150. The zero-order valence-corrected chi connectivity index (χ0v) is 15.8. The zero-order chi connectivity index (χ0) is 19.4. The van der Waals surface area contributed by atoms with Crippen LogP contribution in [0.25, 0.3) is 11.3 Å². The van der Waals surface area contributed by atoms with Crippen LogP contribution in [0.5, 0.6) is 0 Å². The summed E-state index contributed by atoms with van der Waals surface area (Å²) < 4.78 is 31.6. The van der Waals surface area contributed by atoms with Crippen LogP contribution in [0.4, 0.5) is 11.4 Å². The molecule has 1 aromatic heterocycles. The zero-order valence-electron chi connectivity index (χ0n) is 15.0. The van der Waals surface area contributed by atoms with Gasteiger partial charge in [-0.2, -0.15) is 0 Å². The summed E-state index contributed by atoms with van der Waals surface area (Å²) in [6, 6.07) is 17.3. The summed E-state index contributed by atoms with van der Waals surface area (Å²) in [7, 11) is -3.42. The van der Waals surface area contributed by atoms with E-state index in [1.807, 2.05) is 24.3 Å². The van der Waals surface area contributed by atoms with Gasteiger partial charge in [-0.15, -0.1) is 0 Å². The van der Waals surface area contributed by atoms with E-state index in [4.69, 9.17) is 4.42 Å². The smallest absolute Gasteiger partial charge is 0.255 e. The number of carbonyl (C=O) groups excluding carboxylic acids is 1. The molecule has 3 aromatic rings. The van der Waals surface area contributed by atoms with Gasteiger partial charge in [0.25, 0.3) is 5.91 Å². The Labute approximate surface area is 158 Å². The fourth-order valence-corrected chi connectivity index (χ4v) is 3.07. The van der Waals surface area contributed by atoms with Crippen molar-refractivity contribution in [1.29, 1.82) is 0 Å². The summed E-state index contributed by atoms with van der Waals surface area (Å²) in [6.45, 7) is 3.20. The third-order valence-corrected chi connectivity index (χ3v) is 5.72. The van der Waals surface area contributed by atoms with Crippen LogP contribution >= 0.6 is 0 Å². The Kier molecular flexibility index (Phi) is 5.32. The van der Waals surface area contributed by atoms with Crippen LogP contribution in [0.2, 0.25) is 0 Å². The molecule has 3 rings (SSSR count). The van der Waals surface area contributed by atoms with E-state index in [-0.39, 0.29) is 5.91 Å². The van der Waals surface area contributed by atoms with E-state index in [9.17, 15) is 13.2 Å². The first kappa shape index (κ1) is 18.7. The van der Waals surface area contributed by atoms with E-state index in [1.54, 1.807) is 56.5 Å². The van der Waals surface area contributed by atoms with Gasteiger partial charge in [-0.3, -0.25) is 9.52 Å². The molecule has 0 saturated carbocycles. The predicted molar refractivity (Wildman–Crippen MR) is 106 cm³/mol. The quantitative estimate of drug-likeness (QED) is 0.661. The molecule has 1 heterocycles. The molecule has 7 heteroatoms. The van der Waals surface area contributed by atoms with Gasteiger partial charge < -0.3 is 9.73 Å². The van der Waals surface area contributed by atoms with Crippen molar-refractivity contribution in [2.75, 3.05) is 10.0 Å². The first-order chi connectivity index (χ1) is 12.8. The topological polar surface area (TPSA) is 88.4 Å². The number of anilines is 2. The molecule has 6 nitrogen and oxygen atoms in total. The molecular formula is C20H20N2O4S. The molecule has 0 radical (unpaired) electrons. The van der Waals surface area contributed by atoms with Gasteiger partial charge in [0.1, 0.15) is 5.76 Å². The number of rotatable bonds is 6. The minimum Gasteiger partial charge on any atom is -0.464 e. The third kappa shape index (κ3) is 4.57. The Morgan fingerprint density at radius 2 is 1.70 bits per heavy atom. The highest BCUT2D eigenvalue weighted by molar-refractivity contribution is 7.93. The number of hydrogen-bond donors (Lipinski definition) is 2. The minimum atomic E-state index is -3.42. The number of hydrogen-bond acceptors (Lipinski definition) is 4.